The number of imide groups is 2. The van der Waals surface area contributed by atoms with Crippen molar-refractivity contribution in [2.75, 3.05) is 6.54 Å². The summed E-state index contributed by atoms with van der Waals surface area (Å²) in [6, 6.07) is 13.0. The third-order valence-electron chi connectivity index (χ3n) is 3.79. The third kappa shape index (κ3) is 2.24. The summed E-state index contributed by atoms with van der Waals surface area (Å²) in [4.78, 5) is 38.3. The van der Waals surface area contributed by atoms with Crippen LogP contribution in [-0.4, -0.2) is 34.2 Å². The van der Waals surface area contributed by atoms with Crippen LogP contribution in [0.1, 0.15) is 18.9 Å². The van der Waals surface area contributed by atoms with Crippen LogP contribution in [0.15, 0.2) is 42.5 Å². The molecule has 1 fully saturated rings. The fraction of sp³-hybridized carbons (Fsp3) is 0.235. The van der Waals surface area contributed by atoms with Crippen LogP contribution < -0.4 is 0 Å². The van der Waals surface area contributed by atoms with Crippen molar-refractivity contribution in [1.29, 1.82) is 0 Å². The average molecular weight is 296 g/mol. The number of rotatable bonds is 4. The van der Waals surface area contributed by atoms with E-state index in [9.17, 15) is 14.4 Å². The van der Waals surface area contributed by atoms with Gasteiger partial charge in [-0.1, -0.05) is 49.4 Å². The Labute approximate surface area is 128 Å². The molecule has 0 atom stereocenters. The fourth-order valence-electron chi connectivity index (χ4n) is 2.71. The SMILES string of the molecule is CCCN1C(=O)C(=O)N(Cc2cccc3ccccc23)C1=O. The van der Waals surface area contributed by atoms with Crippen LogP contribution in [0, 0.1) is 0 Å². The highest BCUT2D eigenvalue weighted by Gasteiger charge is 2.43. The number of urea groups is 1. The zero-order valence-electron chi connectivity index (χ0n) is 12.3. The van der Waals surface area contributed by atoms with E-state index in [4.69, 9.17) is 0 Å². The van der Waals surface area contributed by atoms with E-state index in [1.54, 1.807) is 0 Å². The van der Waals surface area contributed by atoms with Gasteiger partial charge in [-0.3, -0.25) is 19.4 Å². The van der Waals surface area contributed by atoms with Gasteiger partial charge in [0.15, 0.2) is 0 Å². The molecule has 2 aromatic rings. The molecule has 4 amide bonds. The van der Waals surface area contributed by atoms with Crippen molar-refractivity contribution in [1.82, 2.24) is 9.80 Å². The van der Waals surface area contributed by atoms with E-state index in [0.29, 0.717) is 6.42 Å². The molecule has 0 N–H and O–H groups in total. The topological polar surface area (TPSA) is 57.7 Å². The molecule has 1 aliphatic heterocycles. The van der Waals surface area contributed by atoms with E-state index in [1.807, 2.05) is 49.4 Å². The standard InChI is InChI=1S/C17H16N2O3/c1-2-10-18-15(20)16(21)19(17(18)22)11-13-8-5-7-12-6-3-4-9-14(12)13/h3-9H,2,10-11H2,1H3. The minimum absolute atomic E-state index is 0.116. The molecular formula is C17H16N2O3. The first-order valence-corrected chi connectivity index (χ1v) is 7.27. The third-order valence-corrected chi connectivity index (χ3v) is 3.79. The molecular weight excluding hydrogens is 280 g/mol. The molecule has 3 rings (SSSR count). The van der Waals surface area contributed by atoms with Crippen LogP contribution >= 0.6 is 0 Å². The highest BCUT2D eigenvalue weighted by atomic mass is 16.2. The van der Waals surface area contributed by atoms with Crippen molar-refractivity contribution < 1.29 is 14.4 Å². The first kappa shape index (κ1) is 14.3. The summed E-state index contributed by atoms with van der Waals surface area (Å²) in [6.07, 6.45) is 0.632. The minimum atomic E-state index is -0.744. The van der Waals surface area contributed by atoms with Gasteiger partial charge >= 0.3 is 17.8 Å². The van der Waals surface area contributed by atoms with Crippen molar-refractivity contribution in [3.63, 3.8) is 0 Å². The highest BCUT2D eigenvalue weighted by molar-refractivity contribution is 6.44. The Morgan fingerprint density at radius 1 is 0.864 bits per heavy atom. The Hall–Kier alpha value is -2.69. The van der Waals surface area contributed by atoms with Gasteiger partial charge in [0.2, 0.25) is 0 Å². The van der Waals surface area contributed by atoms with E-state index in [0.717, 1.165) is 26.1 Å². The highest BCUT2D eigenvalue weighted by Crippen LogP contribution is 2.22. The van der Waals surface area contributed by atoms with Gasteiger partial charge in [-0.15, -0.1) is 0 Å². The Morgan fingerprint density at radius 3 is 2.32 bits per heavy atom. The lowest BCUT2D eigenvalue weighted by atomic mass is 10.0. The number of nitrogens with zero attached hydrogens (tertiary/aromatic N) is 2. The Bertz CT molecular complexity index is 764. The number of carbonyl (C=O) groups is 3. The normalized spacial score (nSPS) is 15.2. The predicted octanol–water partition coefficient (Wildman–Crippen LogP) is 2.54. The molecule has 0 saturated carbocycles. The summed E-state index contributed by atoms with van der Waals surface area (Å²) in [5.41, 5.74) is 0.853. The zero-order valence-corrected chi connectivity index (χ0v) is 12.3. The molecule has 0 aliphatic carbocycles. The fourth-order valence-corrected chi connectivity index (χ4v) is 2.71. The van der Waals surface area contributed by atoms with Crippen LogP contribution in [0.3, 0.4) is 0 Å². The summed E-state index contributed by atoms with van der Waals surface area (Å²) in [5.74, 6) is -1.47. The van der Waals surface area contributed by atoms with Crippen LogP contribution in [0.5, 0.6) is 0 Å². The van der Waals surface area contributed by atoms with E-state index in [2.05, 4.69) is 0 Å². The number of hydrogen-bond acceptors (Lipinski definition) is 3. The molecule has 0 bridgehead atoms. The molecule has 2 aromatic carbocycles. The number of carbonyl (C=O) groups excluding carboxylic acids is 3. The molecule has 0 unspecified atom stereocenters. The van der Waals surface area contributed by atoms with E-state index in [-0.39, 0.29) is 13.1 Å². The van der Waals surface area contributed by atoms with E-state index in [1.165, 1.54) is 0 Å². The molecule has 0 spiro atoms. The summed E-state index contributed by atoms with van der Waals surface area (Å²) >= 11 is 0. The van der Waals surface area contributed by atoms with Gasteiger partial charge in [0.25, 0.3) is 0 Å². The van der Waals surface area contributed by atoms with Crippen LogP contribution in [0.4, 0.5) is 4.79 Å². The maximum Gasteiger partial charge on any atom is 0.334 e. The lowest BCUT2D eigenvalue weighted by Crippen LogP contribution is -2.33. The first-order valence-electron chi connectivity index (χ1n) is 7.27. The Morgan fingerprint density at radius 2 is 1.55 bits per heavy atom. The molecule has 112 valence electrons. The van der Waals surface area contributed by atoms with E-state index >= 15 is 0 Å². The van der Waals surface area contributed by atoms with Gasteiger partial charge in [0.05, 0.1) is 6.54 Å². The van der Waals surface area contributed by atoms with Crippen molar-refractivity contribution in [2.24, 2.45) is 0 Å². The molecule has 5 heteroatoms. The van der Waals surface area contributed by atoms with Crippen LogP contribution in [0.25, 0.3) is 10.8 Å². The molecule has 0 aromatic heterocycles. The second-order valence-electron chi connectivity index (χ2n) is 5.27. The van der Waals surface area contributed by atoms with Gasteiger partial charge < -0.3 is 0 Å². The Kier molecular flexibility index (Phi) is 3.63. The van der Waals surface area contributed by atoms with E-state index < -0.39 is 17.8 Å². The molecule has 0 radical (unpaired) electrons. The van der Waals surface area contributed by atoms with Crippen molar-refractivity contribution in [3.05, 3.63) is 48.0 Å². The largest absolute Gasteiger partial charge is 0.334 e. The first-order chi connectivity index (χ1) is 10.6. The zero-order chi connectivity index (χ0) is 15.7. The smallest absolute Gasteiger partial charge is 0.263 e. The summed E-state index contributed by atoms with van der Waals surface area (Å²) in [7, 11) is 0. The molecule has 1 heterocycles. The van der Waals surface area contributed by atoms with Crippen molar-refractivity contribution in [3.8, 4) is 0 Å². The quantitative estimate of drug-likeness (QED) is 0.643. The lowest BCUT2D eigenvalue weighted by Gasteiger charge is -2.16. The summed E-state index contributed by atoms with van der Waals surface area (Å²) < 4.78 is 0. The monoisotopic (exact) mass is 296 g/mol. The second-order valence-corrected chi connectivity index (χ2v) is 5.27. The molecule has 1 saturated heterocycles. The average Bonchev–Trinajstić information content (AvgIpc) is 2.73. The molecule has 5 nitrogen and oxygen atoms in total. The maximum absolute atomic E-state index is 12.3. The van der Waals surface area contributed by atoms with Gasteiger partial charge in [0.1, 0.15) is 0 Å². The van der Waals surface area contributed by atoms with Gasteiger partial charge in [-0.2, -0.15) is 0 Å². The predicted molar refractivity (Wildman–Crippen MR) is 81.9 cm³/mol. The van der Waals surface area contributed by atoms with Gasteiger partial charge in [0, 0.05) is 6.54 Å². The second kappa shape index (κ2) is 5.60. The number of fused-ring (bicyclic) bond motifs is 1. The number of amides is 4. The number of hydrogen-bond donors (Lipinski definition) is 0. The Balaban J connectivity index is 1.93. The van der Waals surface area contributed by atoms with Crippen molar-refractivity contribution >= 4 is 28.6 Å². The minimum Gasteiger partial charge on any atom is -0.263 e. The number of benzene rings is 2. The summed E-state index contributed by atoms with van der Waals surface area (Å²) in [6.45, 7) is 2.25. The lowest BCUT2D eigenvalue weighted by molar-refractivity contribution is -0.143. The molecule has 22 heavy (non-hydrogen) atoms. The van der Waals surface area contributed by atoms with Gasteiger partial charge in [-0.25, -0.2) is 4.79 Å². The molecule has 1 aliphatic rings. The maximum atomic E-state index is 12.3. The van der Waals surface area contributed by atoms with Crippen LogP contribution in [0.2, 0.25) is 0 Å². The van der Waals surface area contributed by atoms with Crippen LogP contribution in [-0.2, 0) is 16.1 Å². The van der Waals surface area contributed by atoms with Gasteiger partial charge in [-0.05, 0) is 22.8 Å². The van der Waals surface area contributed by atoms with Crippen molar-refractivity contribution in [2.45, 2.75) is 19.9 Å². The summed E-state index contributed by atoms with van der Waals surface area (Å²) in [5, 5.41) is 2.02.